The SMILES string of the molecule is COCCOC(C1CCN(C(=O)C(=O)NCCCN)C1)C1(C)C=CC=CC1. The third kappa shape index (κ3) is 5.89. The van der Waals surface area contributed by atoms with Crippen molar-refractivity contribution in [2.24, 2.45) is 17.1 Å². The lowest BCUT2D eigenvalue weighted by Crippen LogP contribution is -2.45. The summed E-state index contributed by atoms with van der Waals surface area (Å²) in [5.74, 6) is -0.828. The molecule has 7 heteroatoms. The quantitative estimate of drug-likeness (QED) is 0.458. The van der Waals surface area contributed by atoms with Gasteiger partial charge in [-0.15, -0.1) is 0 Å². The highest BCUT2D eigenvalue weighted by atomic mass is 16.5. The maximum Gasteiger partial charge on any atom is 0.311 e. The first-order chi connectivity index (χ1) is 13.0. The molecule has 0 saturated carbocycles. The molecule has 0 aromatic carbocycles. The minimum Gasteiger partial charge on any atom is -0.382 e. The van der Waals surface area contributed by atoms with Gasteiger partial charge in [0.25, 0.3) is 0 Å². The highest BCUT2D eigenvalue weighted by Crippen LogP contribution is 2.39. The van der Waals surface area contributed by atoms with Gasteiger partial charge in [-0.05, 0) is 25.8 Å². The second kappa shape index (κ2) is 10.6. The summed E-state index contributed by atoms with van der Waals surface area (Å²) in [5, 5.41) is 2.64. The zero-order valence-corrected chi connectivity index (χ0v) is 16.5. The minimum atomic E-state index is -0.548. The predicted octanol–water partition coefficient (Wildman–Crippen LogP) is 0.854. The van der Waals surface area contributed by atoms with Gasteiger partial charge in [0.2, 0.25) is 0 Å². The Morgan fingerprint density at radius 2 is 2.19 bits per heavy atom. The van der Waals surface area contributed by atoms with Crippen molar-refractivity contribution in [1.29, 1.82) is 0 Å². The molecule has 0 bridgehead atoms. The number of nitrogens with two attached hydrogens (primary N) is 1. The summed E-state index contributed by atoms with van der Waals surface area (Å²) in [6, 6.07) is 0. The van der Waals surface area contributed by atoms with Gasteiger partial charge in [-0.25, -0.2) is 0 Å². The number of allylic oxidation sites excluding steroid dienone is 3. The molecule has 1 fully saturated rings. The fraction of sp³-hybridized carbons (Fsp3) is 0.700. The van der Waals surface area contributed by atoms with Crippen LogP contribution in [0.25, 0.3) is 0 Å². The third-order valence-electron chi connectivity index (χ3n) is 5.32. The average molecular weight is 380 g/mol. The first-order valence-corrected chi connectivity index (χ1v) is 9.74. The van der Waals surface area contributed by atoms with Crippen molar-refractivity contribution in [2.45, 2.75) is 32.3 Å². The van der Waals surface area contributed by atoms with E-state index in [0.717, 1.165) is 12.8 Å². The van der Waals surface area contributed by atoms with Crippen molar-refractivity contribution in [3.63, 3.8) is 0 Å². The monoisotopic (exact) mass is 379 g/mol. The number of carbonyl (C=O) groups excluding carboxylic acids is 2. The first-order valence-electron chi connectivity index (χ1n) is 9.74. The molecule has 7 nitrogen and oxygen atoms in total. The van der Waals surface area contributed by atoms with Gasteiger partial charge in [0.05, 0.1) is 19.3 Å². The molecular weight excluding hydrogens is 346 g/mol. The Kier molecular flexibility index (Phi) is 8.47. The van der Waals surface area contributed by atoms with E-state index in [-0.39, 0.29) is 17.4 Å². The molecule has 3 unspecified atom stereocenters. The largest absolute Gasteiger partial charge is 0.382 e. The number of amides is 2. The first kappa shape index (κ1) is 21.6. The average Bonchev–Trinajstić information content (AvgIpc) is 3.14. The van der Waals surface area contributed by atoms with E-state index >= 15 is 0 Å². The summed E-state index contributed by atoms with van der Waals surface area (Å²) in [6.45, 7) is 5.26. The Labute approximate surface area is 161 Å². The van der Waals surface area contributed by atoms with Gasteiger partial charge in [0.1, 0.15) is 0 Å². The van der Waals surface area contributed by atoms with Crippen LogP contribution >= 0.6 is 0 Å². The number of likely N-dealkylation sites (tertiary alicyclic amines) is 1. The minimum absolute atomic E-state index is 0.0352. The Hall–Kier alpha value is -1.70. The van der Waals surface area contributed by atoms with Crippen molar-refractivity contribution < 1.29 is 19.1 Å². The van der Waals surface area contributed by atoms with Gasteiger partial charge >= 0.3 is 11.8 Å². The van der Waals surface area contributed by atoms with E-state index in [0.29, 0.717) is 45.8 Å². The van der Waals surface area contributed by atoms with E-state index in [1.807, 2.05) is 6.08 Å². The van der Waals surface area contributed by atoms with E-state index in [2.05, 4.69) is 30.5 Å². The van der Waals surface area contributed by atoms with Crippen LogP contribution in [0.4, 0.5) is 0 Å². The Bertz CT molecular complexity index is 563. The second-order valence-corrected chi connectivity index (χ2v) is 7.48. The molecule has 0 aromatic heterocycles. The Morgan fingerprint density at radius 1 is 1.37 bits per heavy atom. The van der Waals surface area contributed by atoms with E-state index in [4.69, 9.17) is 15.2 Å². The molecule has 2 rings (SSSR count). The molecule has 2 aliphatic rings. The molecule has 0 spiro atoms. The van der Waals surface area contributed by atoms with E-state index < -0.39 is 11.8 Å². The van der Waals surface area contributed by atoms with Gasteiger partial charge in [0, 0.05) is 38.1 Å². The summed E-state index contributed by atoms with van der Waals surface area (Å²) in [6.07, 6.45) is 10.8. The van der Waals surface area contributed by atoms with E-state index in [9.17, 15) is 9.59 Å². The van der Waals surface area contributed by atoms with Crippen molar-refractivity contribution >= 4 is 11.8 Å². The second-order valence-electron chi connectivity index (χ2n) is 7.48. The molecule has 0 radical (unpaired) electrons. The molecule has 0 aromatic rings. The highest BCUT2D eigenvalue weighted by molar-refractivity contribution is 6.35. The number of hydrogen-bond donors (Lipinski definition) is 2. The van der Waals surface area contributed by atoms with Crippen LogP contribution in [-0.4, -0.2) is 69.3 Å². The molecule has 2 amide bonds. The molecule has 1 heterocycles. The molecule has 1 saturated heterocycles. The molecular formula is C20H33N3O4. The number of ether oxygens (including phenoxy) is 2. The van der Waals surface area contributed by atoms with Gasteiger partial charge in [-0.2, -0.15) is 0 Å². The molecule has 3 N–H and O–H groups in total. The summed E-state index contributed by atoms with van der Waals surface area (Å²) < 4.78 is 11.3. The van der Waals surface area contributed by atoms with Crippen LogP contribution in [0.5, 0.6) is 0 Å². The topological polar surface area (TPSA) is 93.9 Å². The zero-order chi connectivity index (χ0) is 19.7. The van der Waals surface area contributed by atoms with Gasteiger partial charge in [-0.1, -0.05) is 31.2 Å². The Morgan fingerprint density at radius 3 is 2.85 bits per heavy atom. The number of rotatable bonds is 9. The summed E-state index contributed by atoms with van der Waals surface area (Å²) in [4.78, 5) is 26.1. The number of nitrogens with zero attached hydrogens (tertiary/aromatic N) is 1. The van der Waals surface area contributed by atoms with Crippen LogP contribution in [0.1, 0.15) is 26.2 Å². The molecule has 152 valence electrons. The standard InChI is InChI=1S/C20H33N3O4/c1-20(8-4-3-5-9-20)17(27-14-13-26-2)16-7-12-23(15-16)19(25)18(24)22-11-6-10-21/h3-5,8,16-17H,6-7,9-15,21H2,1-2H3,(H,22,24). The normalized spacial score (nSPS) is 25.6. The fourth-order valence-corrected chi connectivity index (χ4v) is 3.82. The van der Waals surface area contributed by atoms with Gasteiger partial charge < -0.3 is 25.4 Å². The summed E-state index contributed by atoms with van der Waals surface area (Å²) in [5.41, 5.74) is 5.29. The predicted molar refractivity (Wildman–Crippen MR) is 104 cm³/mol. The van der Waals surface area contributed by atoms with Crippen molar-refractivity contribution in [3.05, 3.63) is 24.3 Å². The maximum atomic E-state index is 12.4. The lowest BCUT2D eigenvalue weighted by atomic mass is 9.73. The number of methoxy groups -OCH3 is 1. The molecule has 1 aliphatic heterocycles. The molecule has 27 heavy (non-hydrogen) atoms. The summed E-state index contributed by atoms with van der Waals surface area (Å²) >= 11 is 0. The smallest absolute Gasteiger partial charge is 0.311 e. The van der Waals surface area contributed by atoms with Crippen LogP contribution in [0.2, 0.25) is 0 Å². The number of nitrogens with one attached hydrogen (secondary N) is 1. The van der Waals surface area contributed by atoms with Crippen LogP contribution in [0.15, 0.2) is 24.3 Å². The summed E-state index contributed by atoms with van der Waals surface area (Å²) in [7, 11) is 1.66. The Balaban J connectivity index is 1.98. The van der Waals surface area contributed by atoms with Crippen LogP contribution < -0.4 is 11.1 Å². The molecule has 3 atom stereocenters. The van der Waals surface area contributed by atoms with Crippen LogP contribution in [0, 0.1) is 11.3 Å². The number of hydrogen-bond acceptors (Lipinski definition) is 5. The third-order valence-corrected chi connectivity index (χ3v) is 5.32. The number of carbonyl (C=O) groups is 2. The lowest BCUT2D eigenvalue weighted by Gasteiger charge is -2.39. The lowest BCUT2D eigenvalue weighted by molar-refractivity contribution is -0.145. The van der Waals surface area contributed by atoms with Crippen LogP contribution in [-0.2, 0) is 19.1 Å². The zero-order valence-electron chi connectivity index (χ0n) is 16.5. The van der Waals surface area contributed by atoms with Crippen molar-refractivity contribution in [3.8, 4) is 0 Å². The van der Waals surface area contributed by atoms with E-state index in [1.54, 1.807) is 12.0 Å². The van der Waals surface area contributed by atoms with E-state index in [1.165, 1.54) is 0 Å². The van der Waals surface area contributed by atoms with Crippen molar-refractivity contribution in [2.75, 3.05) is 46.5 Å². The molecule has 1 aliphatic carbocycles. The fourth-order valence-electron chi connectivity index (χ4n) is 3.82. The van der Waals surface area contributed by atoms with Gasteiger partial charge in [-0.3, -0.25) is 9.59 Å². The van der Waals surface area contributed by atoms with Crippen molar-refractivity contribution in [1.82, 2.24) is 10.2 Å². The van der Waals surface area contributed by atoms with Crippen LogP contribution in [0.3, 0.4) is 0 Å². The highest BCUT2D eigenvalue weighted by Gasteiger charge is 2.42. The van der Waals surface area contributed by atoms with Gasteiger partial charge in [0.15, 0.2) is 0 Å². The maximum absolute atomic E-state index is 12.4.